The Labute approximate surface area is 108 Å². The van der Waals surface area contributed by atoms with E-state index in [0.717, 1.165) is 4.90 Å². The van der Waals surface area contributed by atoms with Crippen molar-refractivity contribution >= 4 is 5.82 Å². The molecule has 0 saturated heterocycles. The SMILES string of the molecule is CNCc1ccnc(N(CC(F)(F)F)C2CC2)c1F. The van der Waals surface area contributed by atoms with Crippen LogP contribution in [0.1, 0.15) is 18.4 Å². The summed E-state index contributed by atoms with van der Waals surface area (Å²) in [4.78, 5) is 4.81. The summed E-state index contributed by atoms with van der Waals surface area (Å²) in [5.41, 5.74) is 0.320. The number of hydrogen-bond acceptors (Lipinski definition) is 3. The highest BCUT2D eigenvalue weighted by Gasteiger charge is 2.40. The molecular weight excluding hydrogens is 262 g/mol. The van der Waals surface area contributed by atoms with Gasteiger partial charge in [0.1, 0.15) is 6.54 Å². The Balaban J connectivity index is 2.28. The van der Waals surface area contributed by atoms with Gasteiger partial charge in [-0.2, -0.15) is 13.2 Å². The Hall–Kier alpha value is -1.37. The Morgan fingerprint density at radius 2 is 2.11 bits per heavy atom. The second kappa shape index (κ2) is 5.32. The van der Waals surface area contributed by atoms with Crippen LogP contribution >= 0.6 is 0 Å². The second-order valence-corrected chi connectivity index (χ2v) is 4.61. The van der Waals surface area contributed by atoms with E-state index in [1.165, 1.54) is 12.3 Å². The highest BCUT2D eigenvalue weighted by atomic mass is 19.4. The maximum atomic E-state index is 14.2. The first kappa shape index (κ1) is 14.0. The predicted octanol–water partition coefficient (Wildman–Crippen LogP) is 2.47. The van der Waals surface area contributed by atoms with Crippen molar-refractivity contribution in [3.63, 3.8) is 0 Å². The number of pyridine rings is 1. The summed E-state index contributed by atoms with van der Waals surface area (Å²) in [5, 5.41) is 2.78. The highest BCUT2D eigenvalue weighted by Crippen LogP contribution is 2.35. The van der Waals surface area contributed by atoms with E-state index in [0.29, 0.717) is 18.4 Å². The van der Waals surface area contributed by atoms with Crippen molar-refractivity contribution in [1.82, 2.24) is 10.3 Å². The first-order chi connectivity index (χ1) is 8.92. The lowest BCUT2D eigenvalue weighted by Crippen LogP contribution is -2.37. The van der Waals surface area contributed by atoms with Crippen LogP contribution in [-0.2, 0) is 6.54 Å². The maximum Gasteiger partial charge on any atom is 0.405 e. The average molecular weight is 277 g/mol. The van der Waals surface area contributed by atoms with E-state index in [1.54, 1.807) is 7.05 Å². The molecule has 0 unspecified atom stereocenters. The molecule has 19 heavy (non-hydrogen) atoms. The van der Waals surface area contributed by atoms with Crippen molar-refractivity contribution in [3.05, 3.63) is 23.6 Å². The fraction of sp³-hybridized carbons (Fsp3) is 0.583. The molecule has 1 aliphatic rings. The van der Waals surface area contributed by atoms with Gasteiger partial charge < -0.3 is 10.2 Å². The van der Waals surface area contributed by atoms with Crippen molar-refractivity contribution < 1.29 is 17.6 Å². The van der Waals surface area contributed by atoms with Crippen LogP contribution in [0.5, 0.6) is 0 Å². The van der Waals surface area contributed by atoms with Gasteiger partial charge in [-0.3, -0.25) is 0 Å². The largest absolute Gasteiger partial charge is 0.405 e. The molecule has 0 amide bonds. The van der Waals surface area contributed by atoms with Crippen molar-refractivity contribution in [1.29, 1.82) is 0 Å². The molecule has 0 radical (unpaired) electrons. The lowest BCUT2D eigenvalue weighted by Gasteiger charge is -2.25. The molecule has 0 bridgehead atoms. The summed E-state index contributed by atoms with van der Waals surface area (Å²) >= 11 is 0. The predicted molar refractivity (Wildman–Crippen MR) is 63.4 cm³/mol. The molecule has 1 fully saturated rings. The van der Waals surface area contributed by atoms with Crippen molar-refractivity contribution in [2.24, 2.45) is 0 Å². The molecule has 1 aromatic rings. The summed E-state index contributed by atoms with van der Waals surface area (Å²) < 4.78 is 51.8. The molecule has 1 aliphatic carbocycles. The summed E-state index contributed by atoms with van der Waals surface area (Å²) in [6.07, 6.45) is -1.73. The minimum Gasteiger partial charge on any atom is -0.342 e. The standard InChI is InChI=1S/C12H15F4N3/c1-17-6-8-4-5-18-11(10(8)13)19(9-2-3-9)7-12(14,15)16/h4-5,9,17H,2-3,6-7H2,1H3. The normalized spacial score (nSPS) is 15.6. The van der Waals surface area contributed by atoms with E-state index in [1.807, 2.05) is 0 Å². The van der Waals surface area contributed by atoms with Crippen LogP contribution in [0.2, 0.25) is 0 Å². The van der Waals surface area contributed by atoms with E-state index in [4.69, 9.17) is 0 Å². The fourth-order valence-electron chi connectivity index (χ4n) is 1.95. The van der Waals surface area contributed by atoms with Crippen LogP contribution < -0.4 is 10.2 Å². The summed E-state index contributed by atoms with van der Waals surface area (Å²) in [5.74, 6) is -0.874. The quantitative estimate of drug-likeness (QED) is 0.838. The summed E-state index contributed by atoms with van der Waals surface area (Å²) in [6, 6.07) is 1.21. The molecule has 2 rings (SSSR count). The molecule has 1 aromatic heterocycles. The molecule has 1 heterocycles. The maximum absolute atomic E-state index is 14.2. The zero-order valence-corrected chi connectivity index (χ0v) is 10.5. The van der Waals surface area contributed by atoms with Crippen molar-refractivity contribution in [3.8, 4) is 0 Å². The number of alkyl halides is 3. The van der Waals surface area contributed by atoms with Gasteiger partial charge in [0, 0.05) is 24.3 Å². The van der Waals surface area contributed by atoms with Gasteiger partial charge in [-0.15, -0.1) is 0 Å². The molecule has 0 aliphatic heterocycles. The molecule has 3 nitrogen and oxygen atoms in total. The van der Waals surface area contributed by atoms with Gasteiger partial charge in [0.2, 0.25) is 0 Å². The van der Waals surface area contributed by atoms with Crippen LogP contribution in [0.4, 0.5) is 23.4 Å². The molecule has 0 spiro atoms. The van der Waals surface area contributed by atoms with Crippen molar-refractivity contribution in [2.75, 3.05) is 18.5 Å². The lowest BCUT2D eigenvalue weighted by atomic mass is 10.2. The van der Waals surface area contributed by atoms with Gasteiger partial charge in [0.15, 0.2) is 11.6 Å². The van der Waals surface area contributed by atoms with Gasteiger partial charge in [-0.25, -0.2) is 9.37 Å². The highest BCUT2D eigenvalue weighted by molar-refractivity contribution is 5.45. The smallest absolute Gasteiger partial charge is 0.342 e. The third-order valence-electron chi connectivity index (χ3n) is 2.93. The third-order valence-corrected chi connectivity index (χ3v) is 2.93. The van der Waals surface area contributed by atoms with Crippen molar-refractivity contribution in [2.45, 2.75) is 31.6 Å². The number of aromatic nitrogens is 1. The monoisotopic (exact) mass is 277 g/mol. The van der Waals surface area contributed by atoms with Crippen LogP contribution in [-0.4, -0.2) is 30.8 Å². The van der Waals surface area contributed by atoms with Gasteiger partial charge in [0.25, 0.3) is 0 Å². The minimum atomic E-state index is -4.37. The number of rotatable bonds is 5. The van der Waals surface area contributed by atoms with E-state index in [9.17, 15) is 17.6 Å². The fourth-order valence-corrected chi connectivity index (χ4v) is 1.95. The van der Waals surface area contributed by atoms with E-state index < -0.39 is 18.5 Å². The molecule has 7 heteroatoms. The minimum absolute atomic E-state index is 0.201. The Bertz CT molecular complexity index is 443. The van der Waals surface area contributed by atoms with Gasteiger partial charge >= 0.3 is 6.18 Å². The Kier molecular flexibility index (Phi) is 3.93. The van der Waals surface area contributed by atoms with Gasteiger partial charge in [0.05, 0.1) is 0 Å². The molecule has 1 saturated carbocycles. The number of hydrogen-bond donors (Lipinski definition) is 1. The lowest BCUT2D eigenvalue weighted by molar-refractivity contribution is -0.120. The number of halogens is 4. The summed E-state index contributed by atoms with van der Waals surface area (Å²) in [7, 11) is 1.65. The molecule has 0 atom stereocenters. The van der Waals surface area contributed by atoms with Gasteiger partial charge in [-0.1, -0.05) is 0 Å². The van der Waals surface area contributed by atoms with E-state index in [2.05, 4.69) is 10.3 Å². The molecule has 1 N–H and O–H groups in total. The Morgan fingerprint density at radius 1 is 1.42 bits per heavy atom. The van der Waals surface area contributed by atoms with Crippen LogP contribution in [0.15, 0.2) is 12.3 Å². The van der Waals surface area contributed by atoms with Gasteiger partial charge in [-0.05, 0) is 26.0 Å². The van der Waals surface area contributed by atoms with E-state index >= 15 is 0 Å². The number of nitrogens with one attached hydrogen (secondary N) is 1. The van der Waals surface area contributed by atoms with E-state index in [-0.39, 0.29) is 18.4 Å². The van der Waals surface area contributed by atoms with Crippen LogP contribution in [0.3, 0.4) is 0 Å². The molecule has 106 valence electrons. The topological polar surface area (TPSA) is 28.2 Å². The van der Waals surface area contributed by atoms with Crippen LogP contribution in [0.25, 0.3) is 0 Å². The first-order valence-corrected chi connectivity index (χ1v) is 6.03. The Morgan fingerprint density at radius 3 is 2.63 bits per heavy atom. The first-order valence-electron chi connectivity index (χ1n) is 6.03. The number of nitrogens with zero attached hydrogens (tertiary/aromatic N) is 2. The summed E-state index contributed by atoms with van der Waals surface area (Å²) in [6.45, 7) is -0.906. The average Bonchev–Trinajstić information content (AvgIpc) is 3.12. The second-order valence-electron chi connectivity index (χ2n) is 4.61. The zero-order valence-electron chi connectivity index (χ0n) is 10.5. The molecule has 0 aromatic carbocycles. The van der Waals surface area contributed by atoms with Crippen LogP contribution in [0, 0.1) is 5.82 Å². The number of anilines is 1. The molecular formula is C12H15F4N3. The third kappa shape index (κ3) is 3.56. The zero-order chi connectivity index (χ0) is 14.0.